The van der Waals surface area contributed by atoms with Crippen LogP contribution in [0.2, 0.25) is 0 Å². The zero-order chi connectivity index (χ0) is 43.2. The summed E-state index contributed by atoms with van der Waals surface area (Å²) >= 11 is 0. The summed E-state index contributed by atoms with van der Waals surface area (Å²) in [6, 6.07) is 14.3. The monoisotopic (exact) mass is 867 g/mol. The number of carbonyl (C=O) groups is 4. The van der Waals surface area contributed by atoms with Crippen LogP contribution in [0.1, 0.15) is 103 Å². The van der Waals surface area contributed by atoms with Crippen molar-refractivity contribution in [2.45, 2.75) is 138 Å². The zero-order valence-corrected chi connectivity index (χ0v) is 36.0. The molecule has 1 saturated heterocycles. The third-order valence-corrected chi connectivity index (χ3v) is 16.2. The summed E-state index contributed by atoms with van der Waals surface area (Å²) in [4.78, 5) is 78.0. The van der Waals surface area contributed by atoms with Crippen LogP contribution >= 0.6 is 0 Å². The highest BCUT2D eigenvalue weighted by Gasteiger charge is 2.62. The Kier molecular flexibility index (Phi) is 11.8. The molecule has 5 fully saturated rings. The zero-order valence-electron chi connectivity index (χ0n) is 35.2. The van der Waals surface area contributed by atoms with Crippen LogP contribution in [0.4, 0.5) is 0 Å². The number of benzene rings is 2. The van der Waals surface area contributed by atoms with E-state index in [-0.39, 0.29) is 61.2 Å². The average molecular weight is 868 g/mol. The highest BCUT2D eigenvalue weighted by Crippen LogP contribution is 2.46. The fourth-order valence-corrected chi connectivity index (χ4v) is 12.0. The molecule has 62 heavy (non-hydrogen) atoms. The number of hydrogen-bond acceptors (Lipinski definition) is 10. The molecule has 4 saturated carbocycles. The molecule has 14 nitrogen and oxygen atoms in total. The summed E-state index contributed by atoms with van der Waals surface area (Å²) in [6.07, 6.45) is 10.8. The lowest BCUT2D eigenvalue weighted by molar-refractivity contribution is -0.156. The second kappa shape index (κ2) is 17.3. The van der Waals surface area contributed by atoms with E-state index >= 15 is 4.79 Å². The maximum atomic E-state index is 15.1. The number of aromatic nitrogens is 2. The second-order valence-electron chi connectivity index (χ2n) is 18.5. The predicted octanol–water partition coefficient (Wildman–Crippen LogP) is 5.56. The second-order valence-corrected chi connectivity index (χ2v) is 20.5. The summed E-state index contributed by atoms with van der Waals surface area (Å²) in [7, 11) is -3.92. The Hall–Kier alpha value is -5.05. The smallest absolute Gasteiger partial charge is 0.306 e. The molecule has 4 aliphatic carbocycles. The highest BCUT2D eigenvalue weighted by molar-refractivity contribution is 7.91. The molecule has 2 N–H and O–H groups in total. The molecule has 6 aliphatic rings. The van der Waals surface area contributed by atoms with Crippen LogP contribution in [-0.2, 0) is 40.5 Å². The van der Waals surface area contributed by atoms with Gasteiger partial charge in [0, 0.05) is 18.9 Å². The fourth-order valence-electron chi connectivity index (χ4n) is 10.6. The number of rotatable bonds is 8. The van der Waals surface area contributed by atoms with Crippen LogP contribution in [0.5, 0.6) is 6.01 Å². The van der Waals surface area contributed by atoms with Crippen LogP contribution in [0.3, 0.4) is 0 Å². The van der Waals surface area contributed by atoms with Gasteiger partial charge in [0.25, 0.3) is 17.5 Å². The van der Waals surface area contributed by atoms with Gasteiger partial charge in [-0.05, 0) is 99.3 Å². The summed E-state index contributed by atoms with van der Waals surface area (Å²) in [5.41, 5.74) is 0.485. The van der Waals surface area contributed by atoms with E-state index in [1.54, 1.807) is 10.6 Å². The quantitative estimate of drug-likeness (QED) is 0.215. The molecule has 15 heteroatoms. The van der Waals surface area contributed by atoms with Gasteiger partial charge in [0.05, 0.1) is 35.0 Å². The van der Waals surface area contributed by atoms with Crippen molar-refractivity contribution in [2.24, 2.45) is 23.7 Å². The number of esters is 1. The average Bonchev–Trinajstić information content (AvgIpc) is 4.05. The minimum absolute atomic E-state index is 0.00203. The number of nitrogens with zero attached hydrogens (tertiary/aromatic N) is 3. The molecule has 2 aliphatic heterocycles. The molecule has 0 spiro atoms. The molecule has 2 bridgehead atoms. The molecule has 3 heterocycles. The number of amides is 3. The van der Waals surface area contributed by atoms with E-state index in [0.717, 1.165) is 75.3 Å². The lowest BCUT2D eigenvalue weighted by atomic mass is 9.86. The third kappa shape index (κ3) is 8.53. The Balaban J connectivity index is 1.08. The normalized spacial score (nSPS) is 29.7. The molecule has 1 aromatic heterocycles. The standard InChI is InChI=1S/C47H57N5O9S/c1-2-33-27-47(33,45(57)50-62(58,59)35-20-21-35)49-42(54)39-25-34-28-52(39)44(56)37(30-14-8-9-15-30)26-41(53)61-40-18-11-17-31(40)16-7-4-10-23-51-43(55)36-22-19-32(29-12-5-3-6-13-29)24-38(36)48-46(51)60-34/h2-3,5-6,12-13,19,22,24,30-31,33-35,37,39-40H,1,4,7-11,14-18,20-21,23,25-28H2,(H,49,54)(H,50,57)/t31-,33-,34-,37+,39+,40-,47-/m1/s1. The number of carbonyl (C=O) groups excluding carboxylic acids is 4. The van der Waals surface area contributed by atoms with Crippen LogP contribution < -0.4 is 20.3 Å². The van der Waals surface area contributed by atoms with Gasteiger partial charge in [0.15, 0.2) is 0 Å². The molecular weight excluding hydrogens is 811 g/mol. The van der Waals surface area contributed by atoms with Crippen molar-refractivity contribution in [3.63, 3.8) is 0 Å². The number of sulfonamides is 1. The number of nitrogens with one attached hydrogen (secondary N) is 2. The Morgan fingerprint density at radius 1 is 0.855 bits per heavy atom. The number of fused-ring (bicyclic) bond motifs is 5. The predicted molar refractivity (Wildman–Crippen MR) is 231 cm³/mol. The lowest BCUT2D eigenvalue weighted by Gasteiger charge is -2.32. The van der Waals surface area contributed by atoms with Gasteiger partial charge in [-0.2, -0.15) is 4.98 Å². The van der Waals surface area contributed by atoms with Crippen molar-refractivity contribution in [3.8, 4) is 17.1 Å². The highest BCUT2D eigenvalue weighted by atomic mass is 32.2. The van der Waals surface area contributed by atoms with E-state index in [0.29, 0.717) is 36.7 Å². The third-order valence-electron chi connectivity index (χ3n) is 14.4. The van der Waals surface area contributed by atoms with Crippen LogP contribution in [-0.4, -0.2) is 82.1 Å². The molecule has 2 aromatic carbocycles. The van der Waals surface area contributed by atoms with Gasteiger partial charge in [-0.15, -0.1) is 6.58 Å². The molecule has 7 atom stereocenters. The van der Waals surface area contributed by atoms with Gasteiger partial charge in [0.2, 0.25) is 21.8 Å². The summed E-state index contributed by atoms with van der Waals surface area (Å²) in [6.45, 7) is 4.13. The summed E-state index contributed by atoms with van der Waals surface area (Å²) in [5, 5.41) is 2.66. The maximum Gasteiger partial charge on any atom is 0.306 e. The Morgan fingerprint density at radius 2 is 1.60 bits per heavy atom. The Morgan fingerprint density at radius 3 is 2.34 bits per heavy atom. The first-order chi connectivity index (χ1) is 29.9. The molecule has 3 aromatic rings. The fraction of sp³-hybridized carbons (Fsp3) is 0.574. The topological polar surface area (TPSA) is 183 Å². The Bertz CT molecular complexity index is 2410. The summed E-state index contributed by atoms with van der Waals surface area (Å²) in [5.74, 6) is -3.39. The van der Waals surface area contributed by atoms with E-state index in [1.807, 2.05) is 42.5 Å². The van der Waals surface area contributed by atoms with Crippen molar-refractivity contribution in [2.75, 3.05) is 6.54 Å². The number of ether oxygens (including phenoxy) is 2. The van der Waals surface area contributed by atoms with Crippen LogP contribution in [0.25, 0.3) is 22.0 Å². The largest absolute Gasteiger partial charge is 0.462 e. The first kappa shape index (κ1) is 42.3. The maximum absolute atomic E-state index is 15.1. The molecule has 330 valence electrons. The molecule has 3 amide bonds. The van der Waals surface area contributed by atoms with E-state index in [9.17, 15) is 27.6 Å². The first-order valence-electron chi connectivity index (χ1n) is 22.7. The van der Waals surface area contributed by atoms with E-state index in [1.165, 1.54) is 11.0 Å². The van der Waals surface area contributed by atoms with Gasteiger partial charge in [-0.25, -0.2) is 8.42 Å². The van der Waals surface area contributed by atoms with Crippen LogP contribution in [0, 0.1) is 23.7 Å². The molecule has 0 unspecified atom stereocenters. The van der Waals surface area contributed by atoms with Crippen molar-refractivity contribution in [1.29, 1.82) is 0 Å². The molecule has 9 rings (SSSR count). The molecular formula is C47H57N5O9S. The van der Waals surface area contributed by atoms with Crippen LogP contribution in [0.15, 0.2) is 66.0 Å². The van der Waals surface area contributed by atoms with Crippen molar-refractivity contribution < 1.29 is 37.1 Å². The van der Waals surface area contributed by atoms with Gasteiger partial charge in [-0.3, -0.25) is 33.3 Å². The molecule has 0 radical (unpaired) electrons. The first-order valence-corrected chi connectivity index (χ1v) is 24.3. The lowest BCUT2D eigenvalue weighted by Crippen LogP contribution is -2.57. The number of hydrogen-bond donors (Lipinski definition) is 2. The summed E-state index contributed by atoms with van der Waals surface area (Å²) < 4.78 is 42.4. The van der Waals surface area contributed by atoms with E-state index in [2.05, 4.69) is 16.6 Å². The van der Waals surface area contributed by atoms with E-state index < -0.39 is 62.6 Å². The minimum Gasteiger partial charge on any atom is -0.462 e. The Labute approximate surface area is 362 Å². The van der Waals surface area contributed by atoms with Gasteiger partial charge in [0.1, 0.15) is 23.8 Å². The van der Waals surface area contributed by atoms with Crippen molar-refractivity contribution in [3.05, 3.63) is 71.5 Å². The van der Waals surface area contributed by atoms with E-state index in [4.69, 9.17) is 14.5 Å². The minimum atomic E-state index is -3.92. The van der Waals surface area contributed by atoms with Crippen molar-refractivity contribution in [1.82, 2.24) is 24.5 Å². The van der Waals surface area contributed by atoms with Crippen molar-refractivity contribution >= 4 is 44.6 Å². The SMILES string of the molecule is C=C[C@@H]1C[C@]1(NC(=O)[C@@H]1C[C@@H]2CN1C(=O)[C@H](C1CCCC1)CC(=O)O[C@@H]1CCC[C@H]1CCCCCn1c(nc3cc(-c4ccccc4)ccc3c1=O)O2)C(=O)NS(=O)(=O)C1CC1. The van der Waals surface area contributed by atoms with Gasteiger partial charge >= 0.3 is 5.97 Å². The van der Waals surface area contributed by atoms with Gasteiger partial charge in [-0.1, -0.05) is 68.2 Å². The van der Waals surface area contributed by atoms with Gasteiger partial charge < -0.3 is 19.7 Å².